The Morgan fingerprint density at radius 3 is 2.00 bits per heavy atom. The number of amides is 2. The molecule has 0 aromatic heterocycles. The molecule has 0 heterocycles. The van der Waals surface area contributed by atoms with Gasteiger partial charge in [-0.15, -0.1) is 0 Å². The quantitative estimate of drug-likeness (QED) is 0.453. The van der Waals surface area contributed by atoms with Gasteiger partial charge in [0.05, 0.1) is 19.6 Å². The molecule has 0 aliphatic heterocycles. The van der Waals surface area contributed by atoms with Crippen LogP contribution in [-0.2, 0) is 27.8 Å². The number of rotatable bonds is 9. The van der Waals surface area contributed by atoms with E-state index in [-0.39, 0.29) is 29.7 Å². The van der Waals surface area contributed by atoms with E-state index in [1.54, 1.807) is 7.11 Å². The number of carbonyl (C=O) groups excluding carboxylic acids is 2. The van der Waals surface area contributed by atoms with Crippen LogP contribution in [0.1, 0.15) is 56.0 Å². The van der Waals surface area contributed by atoms with Crippen LogP contribution in [0.15, 0.2) is 78.9 Å². The summed E-state index contributed by atoms with van der Waals surface area (Å²) in [5.41, 5.74) is 4.14. The molecule has 0 spiro atoms. The van der Waals surface area contributed by atoms with E-state index < -0.39 is 6.04 Å². The second-order valence-corrected chi connectivity index (χ2v) is 9.94. The van der Waals surface area contributed by atoms with E-state index >= 15 is 0 Å². The van der Waals surface area contributed by atoms with E-state index in [0.29, 0.717) is 6.42 Å². The molecule has 5 heteroatoms. The first-order valence-corrected chi connectivity index (χ1v) is 12.0. The van der Waals surface area contributed by atoms with E-state index in [4.69, 9.17) is 4.74 Å². The number of carbonyl (C=O) groups is 2. The molecule has 2 amide bonds. The molecule has 3 aromatic carbocycles. The maximum atomic E-state index is 13.3. The normalized spacial score (nSPS) is 12.9. The Bertz CT molecular complexity index is 1100. The molecule has 2 atom stereocenters. The fourth-order valence-electron chi connectivity index (χ4n) is 3.90. The summed E-state index contributed by atoms with van der Waals surface area (Å²) < 4.78 is 5.19. The van der Waals surface area contributed by atoms with Gasteiger partial charge in [0, 0.05) is 6.42 Å². The van der Waals surface area contributed by atoms with E-state index in [1.807, 2.05) is 73.7 Å². The number of methoxy groups -OCH3 is 1. The molecular weight excluding hydrogens is 436 g/mol. The molecular formula is C30H36N2O3. The lowest BCUT2D eigenvalue weighted by atomic mass is 9.86. The molecule has 0 aliphatic rings. The van der Waals surface area contributed by atoms with Gasteiger partial charge in [-0.2, -0.15) is 0 Å². The average molecular weight is 473 g/mol. The molecule has 5 nitrogen and oxygen atoms in total. The summed E-state index contributed by atoms with van der Waals surface area (Å²) in [4.78, 5) is 26.2. The van der Waals surface area contributed by atoms with Crippen molar-refractivity contribution in [2.45, 2.75) is 58.0 Å². The third kappa shape index (κ3) is 7.71. The van der Waals surface area contributed by atoms with Crippen LogP contribution in [0.3, 0.4) is 0 Å². The minimum atomic E-state index is -0.688. The average Bonchev–Trinajstić information content (AvgIpc) is 2.84. The Kier molecular flexibility index (Phi) is 8.69. The topological polar surface area (TPSA) is 67.4 Å². The standard InChI is InChI=1S/C30H36N2O3/c1-21(24-9-7-6-8-10-24)31-29(34)27(19-22-11-15-25(16-12-22)30(2,3)4)32-28(33)20-23-13-17-26(35-5)18-14-23/h6-18,21,27H,19-20H2,1-5H3,(H,31,34)(H,32,33). The summed E-state index contributed by atoms with van der Waals surface area (Å²) >= 11 is 0. The van der Waals surface area contributed by atoms with Crippen molar-refractivity contribution in [1.82, 2.24) is 10.6 Å². The van der Waals surface area contributed by atoms with Crippen LogP contribution in [0.4, 0.5) is 0 Å². The van der Waals surface area contributed by atoms with Gasteiger partial charge in [-0.05, 0) is 46.7 Å². The molecule has 184 valence electrons. The number of nitrogens with one attached hydrogen (secondary N) is 2. The van der Waals surface area contributed by atoms with Crippen molar-refractivity contribution >= 4 is 11.8 Å². The summed E-state index contributed by atoms with van der Waals surface area (Å²) in [7, 11) is 1.61. The molecule has 3 rings (SSSR count). The van der Waals surface area contributed by atoms with Crippen molar-refractivity contribution in [2.24, 2.45) is 0 Å². The number of hydrogen-bond acceptors (Lipinski definition) is 3. The van der Waals surface area contributed by atoms with Crippen molar-refractivity contribution in [1.29, 1.82) is 0 Å². The Hall–Kier alpha value is -3.60. The third-order valence-corrected chi connectivity index (χ3v) is 6.09. The number of benzene rings is 3. The van der Waals surface area contributed by atoms with Gasteiger partial charge in [0.15, 0.2) is 0 Å². The van der Waals surface area contributed by atoms with Crippen molar-refractivity contribution in [3.63, 3.8) is 0 Å². The second-order valence-electron chi connectivity index (χ2n) is 9.94. The van der Waals surface area contributed by atoms with Crippen LogP contribution in [-0.4, -0.2) is 25.0 Å². The first-order chi connectivity index (χ1) is 16.7. The van der Waals surface area contributed by atoms with E-state index in [9.17, 15) is 9.59 Å². The van der Waals surface area contributed by atoms with Crippen LogP contribution in [0.25, 0.3) is 0 Å². The Morgan fingerprint density at radius 1 is 0.829 bits per heavy atom. The van der Waals surface area contributed by atoms with Gasteiger partial charge in [0.2, 0.25) is 11.8 Å². The zero-order chi connectivity index (χ0) is 25.4. The maximum absolute atomic E-state index is 13.3. The third-order valence-electron chi connectivity index (χ3n) is 6.09. The Labute approximate surface area is 208 Å². The zero-order valence-electron chi connectivity index (χ0n) is 21.3. The molecule has 0 fully saturated rings. The monoisotopic (exact) mass is 472 g/mol. The summed E-state index contributed by atoms with van der Waals surface area (Å²) in [6.45, 7) is 8.45. The highest BCUT2D eigenvalue weighted by molar-refractivity contribution is 5.88. The van der Waals surface area contributed by atoms with Crippen LogP contribution in [0.5, 0.6) is 5.75 Å². The van der Waals surface area contributed by atoms with Gasteiger partial charge in [0.25, 0.3) is 0 Å². The van der Waals surface area contributed by atoms with E-state index in [0.717, 1.165) is 22.4 Å². The first kappa shape index (κ1) is 26.0. The molecule has 0 saturated carbocycles. The van der Waals surface area contributed by atoms with Gasteiger partial charge in [0.1, 0.15) is 11.8 Å². The maximum Gasteiger partial charge on any atom is 0.243 e. The largest absolute Gasteiger partial charge is 0.497 e. The van der Waals surface area contributed by atoms with Gasteiger partial charge in [-0.3, -0.25) is 9.59 Å². The molecule has 0 radical (unpaired) electrons. The summed E-state index contributed by atoms with van der Waals surface area (Å²) in [6, 6.07) is 24.6. The fourth-order valence-corrected chi connectivity index (χ4v) is 3.90. The molecule has 0 bridgehead atoms. The lowest BCUT2D eigenvalue weighted by Crippen LogP contribution is -2.49. The van der Waals surface area contributed by atoms with Crippen molar-refractivity contribution in [2.75, 3.05) is 7.11 Å². The highest BCUT2D eigenvalue weighted by Gasteiger charge is 2.23. The van der Waals surface area contributed by atoms with E-state index in [2.05, 4.69) is 43.5 Å². The highest BCUT2D eigenvalue weighted by atomic mass is 16.5. The van der Waals surface area contributed by atoms with Crippen molar-refractivity contribution < 1.29 is 14.3 Å². The van der Waals surface area contributed by atoms with E-state index in [1.165, 1.54) is 5.56 Å². The minimum Gasteiger partial charge on any atom is -0.497 e. The lowest BCUT2D eigenvalue weighted by molar-refractivity contribution is -0.129. The number of hydrogen-bond donors (Lipinski definition) is 2. The van der Waals surface area contributed by atoms with Crippen LogP contribution in [0.2, 0.25) is 0 Å². The lowest BCUT2D eigenvalue weighted by Gasteiger charge is -2.23. The second kappa shape index (κ2) is 11.7. The zero-order valence-corrected chi connectivity index (χ0v) is 21.3. The van der Waals surface area contributed by atoms with Crippen molar-refractivity contribution in [3.05, 3.63) is 101 Å². The molecule has 2 N–H and O–H groups in total. The van der Waals surface area contributed by atoms with Gasteiger partial charge in [-0.1, -0.05) is 87.5 Å². The van der Waals surface area contributed by atoms with Crippen LogP contribution < -0.4 is 15.4 Å². The predicted octanol–water partition coefficient (Wildman–Crippen LogP) is 5.14. The van der Waals surface area contributed by atoms with Crippen LogP contribution >= 0.6 is 0 Å². The summed E-state index contributed by atoms with van der Waals surface area (Å²) in [5.74, 6) is 0.332. The molecule has 0 aliphatic carbocycles. The highest BCUT2D eigenvalue weighted by Crippen LogP contribution is 2.22. The van der Waals surface area contributed by atoms with Crippen LogP contribution in [0, 0.1) is 0 Å². The SMILES string of the molecule is COc1ccc(CC(=O)NC(Cc2ccc(C(C)(C)C)cc2)C(=O)NC(C)c2ccccc2)cc1. The summed E-state index contributed by atoms with van der Waals surface area (Å²) in [5, 5.41) is 6.03. The Balaban J connectivity index is 1.74. The summed E-state index contributed by atoms with van der Waals surface area (Å²) in [6.07, 6.45) is 0.594. The predicted molar refractivity (Wildman–Crippen MR) is 140 cm³/mol. The molecule has 0 saturated heterocycles. The van der Waals surface area contributed by atoms with Gasteiger partial charge < -0.3 is 15.4 Å². The fraction of sp³-hybridized carbons (Fsp3) is 0.333. The van der Waals surface area contributed by atoms with Gasteiger partial charge >= 0.3 is 0 Å². The number of ether oxygens (including phenoxy) is 1. The molecule has 35 heavy (non-hydrogen) atoms. The van der Waals surface area contributed by atoms with Crippen molar-refractivity contribution in [3.8, 4) is 5.75 Å². The van der Waals surface area contributed by atoms with Gasteiger partial charge in [-0.25, -0.2) is 0 Å². The molecule has 2 unspecified atom stereocenters. The smallest absolute Gasteiger partial charge is 0.243 e. The first-order valence-electron chi connectivity index (χ1n) is 12.0. The molecule has 3 aromatic rings. The Morgan fingerprint density at radius 2 is 1.43 bits per heavy atom. The minimum absolute atomic E-state index is 0.0486.